The van der Waals surface area contributed by atoms with Crippen LogP contribution in [0.2, 0.25) is 0 Å². The van der Waals surface area contributed by atoms with E-state index < -0.39 is 0 Å². The first kappa shape index (κ1) is 25.8. The van der Waals surface area contributed by atoms with E-state index in [2.05, 4.69) is 77.7 Å². The fraction of sp³-hybridized carbons (Fsp3) is 0.286. The van der Waals surface area contributed by atoms with Crippen molar-refractivity contribution < 1.29 is 9.87 Å². The third kappa shape index (κ3) is 7.03. The smallest absolute Gasteiger partial charge is 0.123 e. The number of piperidine rings is 1. The first-order valence-electron chi connectivity index (χ1n) is 11.0. The third-order valence-corrected chi connectivity index (χ3v) is 6.21. The van der Waals surface area contributed by atoms with Gasteiger partial charge in [0.15, 0.2) is 0 Å². The summed E-state index contributed by atoms with van der Waals surface area (Å²) in [5, 5.41) is 0. The van der Waals surface area contributed by atoms with Gasteiger partial charge in [0.2, 0.25) is 0 Å². The Morgan fingerprint density at radius 1 is 0.812 bits per heavy atom. The lowest BCUT2D eigenvalue weighted by atomic mass is 9.76. The number of rotatable bonds is 7. The van der Waals surface area contributed by atoms with Crippen LogP contribution in [-0.2, 0) is 0 Å². The molecular weight excluding hydrogens is 421 g/mol. The summed E-state index contributed by atoms with van der Waals surface area (Å²) in [5.74, 6) is 0.980. The average molecular weight is 454 g/mol. The van der Waals surface area contributed by atoms with Crippen molar-refractivity contribution in [2.75, 3.05) is 19.6 Å². The van der Waals surface area contributed by atoms with Crippen LogP contribution in [0.15, 0.2) is 91.0 Å². The van der Waals surface area contributed by atoms with Gasteiger partial charge in [-0.2, -0.15) is 0 Å². The van der Waals surface area contributed by atoms with Gasteiger partial charge in [0.1, 0.15) is 5.82 Å². The van der Waals surface area contributed by atoms with Gasteiger partial charge in [-0.25, -0.2) is 4.39 Å². The normalized spacial score (nSPS) is 14.8. The largest absolute Gasteiger partial charge is 0.412 e. The Morgan fingerprint density at radius 2 is 1.34 bits per heavy atom. The van der Waals surface area contributed by atoms with E-state index in [1.165, 1.54) is 36.1 Å². The van der Waals surface area contributed by atoms with E-state index in [9.17, 15) is 4.39 Å². The Morgan fingerprint density at radius 3 is 1.88 bits per heavy atom. The minimum absolute atomic E-state index is 0. The molecule has 1 aliphatic rings. The number of likely N-dealkylation sites (tertiary alicyclic amines) is 1. The van der Waals surface area contributed by atoms with Crippen molar-refractivity contribution in [3.05, 3.63) is 114 Å². The number of hydrogen-bond acceptors (Lipinski definition) is 1. The molecule has 2 nitrogen and oxygen atoms in total. The molecule has 0 atom stereocenters. The fourth-order valence-electron chi connectivity index (χ4n) is 4.62. The molecule has 3 aromatic carbocycles. The topological polar surface area (TPSA) is 34.7 Å². The molecule has 1 saturated heterocycles. The second-order valence-electron chi connectivity index (χ2n) is 8.22. The van der Waals surface area contributed by atoms with Crippen molar-refractivity contribution in [1.29, 1.82) is 0 Å². The Labute approximate surface area is 197 Å². The van der Waals surface area contributed by atoms with Crippen molar-refractivity contribution in [1.82, 2.24) is 4.90 Å². The molecule has 0 aromatic heterocycles. The summed E-state index contributed by atoms with van der Waals surface area (Å²) in [4.78, 5) is 2.58. The van der Waals surface area contributed by atoms with Gasteiger partial charge in [0.25, 0.3) is 0 Å². The van der Waals surface area contributed by atoms with E-state index in [0.29, 0.717) is 11.8 Å². The summed E-state index contributed by atoms with van der Waals surface area (Å²) in [7, 11) is 0. The second-order valence-corrected chi connectivity index (χ2v) is 8.22. The molecule has 4 rings (SSSR count). The molecule has 0 amide bonds. The molecular formula is C28H33ClFNO. The van der Waals surface area contributed by atoms with E-state index in [1.807, 2.05) is 12.1 Å². The maximum Gasteiger partial charge on any atom is 0.123 e. The highest BCUT2D eigenvalue weighted by atomic mass is 35.5. The van der Waals surface area contributed by atoms with E-state index in [1.54, 1.807) is 0 Å². The van der Waals surface area contributed by atoms with Crippen LogP contribution in [0.25, 0.3) is 6.08 Å². The Bertz CT molecular complexity index is 883. The molecule has 1 aliphatic heterocycles. The molecule has 0 aliphatic carbocycles. The lowest BCUT2D eigenvalue weighted by molar-refractivity contribution is 0.178. The molecule has 170 valence electrons. The molecule has 2 N–H and O–H groups in total. The van der Waals surface area contributed by atoms with Gasteiger partial charge >= 0.3 is 0 Å². The zero-order chi connectivity index (χ0) is 20.6. The summed E-state index contributed by atoms with van der Waals surface area (Å²) < 4.78 is 13.0. The molecule has 32 heavy (non-hydrogen) atoms. The number of benzene rings is 3. The average Bonchev–Trinajstić information content (AvgIpc) is 2.80. The van der Waals surface area contributed by atoms with Crippen molar-refractivity contribution >= 4 is 18.5 Å². The first-order valence-corrected chi connectivity index (χ1v) is 11.0. The Balaban J connectivity index is 0.00000181. The predicted octanol–water partition coefficient (Wildman–Crippen LogP) is 6.37. The first-order chi connectivity index (χ1) is 14.8. The maximum absolute atomic E-state index is 13.0. The highest BCUT2D eigenvalue weighted by molar-refractivity contribution is 5.85. The van der Waals surface area contributed by atoms with Crippen LogP contribution < -0.4 is 0 Å². The van der Waals surface area contributed by atoms with Crippen LogP contribution in [0.1, 0.15) is 41.9 Å². The van der Waals surface area contributed by atoms with Crippen molar-refractivity contribution in [2.24, 2.45) is 5.92 Å². The van der Waals surface area contributed by atoms with Gasteiger partial charge < -0.3 is 10.4 Å². The standard InChI is InChI=1S/C28H30FN.ClH.H2O/c29-27-16-14-23(15-17-27)9-7-8-20-30-21-18-26(19-22-30)28(24-10-3-1-4-11-24)25-12-5-2-6-13-25;;/h1-7,9-17,26,28H,8,18-22H2;1H;1H2. The van der Waals surface area contributed by atoms with Crippen LogP contribution in [0.4, 0.5) is 4.39 Å². The molecule has 0 bridgehead atoms. The predicted molar refractivity (Wildman–Crippen MR) is 135 cm³/mol. The maximum atomic E-state index is 13.0. The van der Waals surface area contributed by atoms with Crippen LogP contribution in [0.3, 0.4) is 0 Å². The van der Waals surface area contributed by atoms with Crippen LogP contribution in [-0.4, -0.2) is 30.0 Å². The molecule has 0 radical (unpaired) electrons. The third-order valence-electron chi connectivity index (χ3n) is 6.21. The van der Waals surface area contributed by atoms with Gasteiger partial charge in [-0.1, -0.05) is 84.9 Å². The molecule has 4 heteroatoms. The molecule has 3 aromatic rings. The second kappa shape index (κ2) is 13.2. The van der Waals surface area contributed by atoms with Gasteiger partial charge in [0, 0.05) is 12.5 Å². The van der Waals surface area contributed by atoms with Gasteiger partial charge in [0.05, 0.1) is 0 Å². The van der Waals surface area contributed by atoms with E-state index in [4.69, 9.17) is 0 Å². The minimum Gasteiger partial charge on any atom is -0.412 e. The molecule has 0 saturated carbocycles. The highest BCUT2D eigenvalue weighted by Crippen LogP contribution is 2.37. The lowest BCUT2D eigenvalue weighted by Crippen LogP contribution is -2.36. The van der Waals surface area contributed by atoms with E-state index in [0.717, 1.165) is 31.6 Å². The summed E-state index contributed by atoms with van der Waals surface area (Å²) >= 11 is 0. The van der Waals surface area contributed by atoms with Gasteiger partial charge in [-0.05, 0) is 67.1 Å². The summed E-state index contributed by atoms with van der Waals surface area (Å²) in [6.07, 6.45) is 7.79. The molecule has 1 fully saturated rings. The van der Waals surface area contributed by atoms with Gasteiger partial charge in [-0.15, -0.1) is 12.4 Å². The van der Waals surface area contributed by atoms with Crippen LogP contribution >= 0.6 is 12.4 Å². The number of halogens is 2. The summed E-state index contributed by atoms with van der Waals surface area (Å²) in [5.41, 5.74) is 3.93. The Kier molecular flexibility index (Phi) is 10.6. The minimum atomic E-state index is -0.181. The van der Waals surface area contributed by atoms with Crippen molar-refractivity contribution in [3.63, 3.8) is 0 Å². The summed E-state index contributed by atoms with van der Waals surface area (Å²) in [6.45, 7) is 3.40. The van der Waals surface area contributed by atoms with Crippen LogP contribution in [0.5, 0.6) is 0 Å². The van der Waals surface area contributed by atoms with E-state index in [-0.39, 0.29) is 23.7 Å². The zero-order valence-electron chi connectivity index (χ0n) is 18.4. The monoisotopic (exact) mass is 453 g/mol. The SMILES string of the molecule is Cl.Fc1ccc(C=CCCN2CCC(C(c3ccccc3)c3ccccc3)CC2)cc1.O. The lowest BCUT2D eigenvalue weighted by Gasteiger charge is -2.36. The molecule has 1 heterocycles. The van der Waals surface area contributed by atoms with Crippen molar-refractivity contribution in [2.45, 2.75) is 25.2 Å². The van der Waals surface area contributed by atoms with Gasteiger partial charge in [-0.3, -0.25) is 0 Å². The van der Waals surface area contributed by atoms with E-state index >= 15 is 0 Å². The zero-order valence-corrected chi connectivity index (χ0v) is 19.2. The molecule has 0 spiro atoms. The fourth-order valence-corrected chi connectivity index (χ4v) is 4.62. The quantitative estimate of drug-likeness (QED) is 0.409. The molecule has 0 unspecified atom stereocenters. The highest BCUT2D eigenvalue weighted by Gasteiger charge is 2.28. The van der Waals surface area contributed by atoms with Crippen LogP contribution in [0, 0.1) is 11.7 Å². The summed E-state index contributed by atoms with van der Waals surface area (Å²) in [6, 6.07) is 28.7. The Hall–Kier alpha value is -2.46. The number of hydrogen-bond donors (Lipinski definition) is 0. The van der Waals surface area contributed by atoms with Crippen molar-refractivity contribution in [3.8, 4) is 0 Å². The number of nitrogens with zero attached hydrogens (tertiary/aromatic N) is 1.